The third-order valence-corrected chi connectivity index (χ3v) is 3.32. The average molecular weight is 260 g/mol. The van der Waals surface area contributed by atoms with Gasteiger partial charge in [-0.3, -0.25) is 4.79 Å². The summed E-state index contributed by atoms with van der Waals surface area (Å²) in [7, 11) is 0. The molecule has 1 aromatic carbocycles. The van der Waals surface area contributed by atoms with E-state index in [2.05, 4.69) is 16.3 Å². The zero-order valence-electron chi connectivity index (χ0n) is 12.2. The summed E-state index contributed by atoms with van der Waals surface area (Å²) in [6, 6.07) is 7.96. The highest BCUT2D eigenvalue weighted by molar-refractivity contribution is 5.95. The van der Waals surface area contributed by atoms with Crippen molar-refractivity contribution < 1.29 is 4.79 Å². The molecule has 1 amide bonds. The Hall–Kier alpha value is -1.51. The van der Waals surface area contributed by atoms with Gasteiger partial charge in [-0.15, -0.1) is 0 Å². The fourth-order valence-corrected chi connectivity index (χ4v) is 2.41. The Morgan fingerprint density at radius 1 is 1.16 bits per heavy atom. The van der Waals surface area contributed by atoms with E-state index in [1.165, 1.54) is 24.9 Å². The maximum Gasteiger partial charge on any atom is 0.251 e. The van der Waals surface area contributed by atoms with E-state index in [0.717, 1.165) is 18.7 Å². The molecule has 0 saturated carbocycles. The maximum atomic E-state index is 12.2. The standard InChI is InChI=1S/C16H24N2O/c1-16(2,3)17-15(19)13-8-7-9-14(12-13)18-10-5-4-6-11-18/h7-9,12H,4-6,10-11H2,1-3H3,(H,17,19). The van der Waals surface area contributed by atoms with Crippen LogP contribution in [-0.2, 0) is 0 Å². The van der Waals surface area contributed by atoms with Crippen LogP contribution >= 0.6 is 0 Å². The average Bonchev–Trinajstić information content (AvgIpc) is 2.38. The molecule has 0 aromatic heterocycles. The summed E-state index contributed by atoms with van der Waals surface area (Å²) in [6.07, 6.45) is 3.82. The van der Waals surface area contributed by atoms with Crippen molar-refractivity contribution >= 4 is 11.6 Å². The van der Waals surface area contributed by atoms with Gasteiger partial charge < -0.3 is 10.2 Å². The van der Waals surface area contributed by atoms with E-state index in [1.54, 1.807) is 0 Å². The van der Waals surface area contributed by atoms with Crippen LogP contribution in [0.4, 0.5) is 5.69 Å². The minimum Gasteiger partial charge on any atom is -0.372 e. The fourth-order valence-electron chi connectivity index (χ4n) is 2.41. The minimum absolute atomic E-state index is 0.00589. The van der Waals surface area contributed by atoms with Crippen molar-refractivity contribution in [1.29, 1.82) is 0 Å². The van der Waals surface area contributed by atoms with Crippen LogP contribution in [0, 0.1) is 0 Å². The Kier molecular flexibility index (Phi) is 4.13. The maximum absolute atomic E-state index is 12.2. The predicted molar refractivity (Wildman–Crippen MR) is 79.7 cm³/mol. The van der Waals surface area contributed by atoms with Crippen LogP contribution in [0.2, 0.25) is 0 Å². The van der Waals surface area contributed by atoms with Crippen molar-refractivity contribution in [1.82, 2.24) is 5.32 Å². The molecule has 1 aliphatic heterocycles. The molecule has 1 N–H and O–H groups in total. The first-order valence-corrected chi connectivity index (χ1v) is 7.13. The molecule has 1 aliphatic rings. The number of amides is 1. The van der Waals surface area contributed by atoms with Gasteiger partial charge in [-0.1, -0.05) is 6.07 Å². The number of carbonyl (C=O) groups excluding carboxylic acids is 1. The number of piperidine rings is 1. The Balaban J connectivity index is 2.12. The fraction of sp³-hybridized carbons (Fsp3) is 0.562. The molecule has 1 heterocycles. The van der Waals surface area contributed by atoms with Crippen LogP contribution in [0.1, 0.15) is 50.4 Å². The smallest absolute Gasteiger partial charge is 0.251 e. The highest BCUT2D eigenvalue weighted by Crippen LogP contribution is 2.21. The summed E-state index contributed by atoms with van der Waals surface area (Å²) in [5.74, 6) is 0.00589. The van der Waals surface area contributed by atoms with Crippen molar-refractivity contribution in [3.05, 3.63) is 29.8 Å². The second-order valence-corrected chi connectivity index (χ2v) is 6.30. The van der Waals surface area contributed by atoms with Gasteiger partial charge >= 0.3 is 0 Å². The lowest BCUT2D eigenvalue weighted by molar-refractivity contribution is 0.0919. The van der Waals surface area contributed by atoms with Crippen molar-refractivity contribution in [3.63, 3.8) is 0 Å². The SMILES string of the molecule is CC(C)(C)NC(=O)c1cccc(N2CCCCC2)c1. The highest BCUT2D eigenvalue weighted by atomic mass is 16.1. The quantitative estimate of drug-likeness (QED) is 0.885. The Morgan fingerprint density at radius 2 is 1.84 bits per heavy atom. The molecule has 104 valence electrons. The van der Waals surface area contributed by atoms with E-state index in [-0.39, 0.29) is 11.4 Å². The van der Waals surface area contributed by atoms with E-state index < -0.39 is 0 Å². The normalized spacial score (nSPS) is 16.3. The van der Waals surface area contributed by atoms with Crippen molar-refractivity contribution in [2.45, 2.75) is 45.6 Å². The zero-order valence-corrected chi connectivity index (χ0v) is 12.2. The van der Waals surface area contributed by atoms with Gasteiger partial charge in [-0.25, -0.2) is 0 Å². The van der Waals surface area contributed by atoms with Gasteiger partial charge in [0.25, 0.3) is 5.91 Å². The van der Waals surface area contributed by atoms with Crippen LogP contribution in [-0.4, -0.2) is 24.5 Å². The van der Waals surface area contributed by atoms with Gasteiger partial charge in [0.05, 0.1) is 0 Å². The molecule has 2 rings (SSSR count). The molecular weight excluding hydrogens is 236 g/mol. The summed E-state index contributed by atoms with van der Waals surface area (Å²) in [5, 5.41) is 3.01. The largest absolute Gasteiger partial charge is 0.372 e. The molecule has 3 nitrogen and oxygen atoms in total. The Morgan fingerprint density at radius 3 is 2.47 bits per heavy atom. The third-order valence-electron chi connectivity index (χ3n) is 3.32. The number of hydrogen-bond acceptors (Lipinski definition) is 2. The molecule has 3 heteroatoms. The molecule has 1 saturated heterocycles. The lowest BCUT2D eigenvalue weighted by atomic mass is 10.1. The first-order valence-electron chi connectivity index (χ1n) is 7.13. The second-order valence-electron chi connectivity index (χ2n) is 6.30. The molecule has 19 heavy (non-hydrogen) atoms. The lowest BCUT2D eigenvalue weighted by Gasteiger charge is -2.29. The van der Waals surface area contributed by atoms with E-state index in [1.807, 2.05) is 39.0 Å². The molecule has 0 aliphatic carbocycles. The monoisotopic (exact) mass is 260 g/mol. The predicted octanol–water partition coefficient (Wildman–Crippen LogP) is 3.21. The third kappa shape index (κ3) is 3.98. The van der Waals surface area contributed by atoms with Gasteiger partial charge in [0.2, 0.25) is 0 Å². The van der Waals surface area contributed by atoms with E-state index in [4.69, 9.17) is 0 Å². The van der Waals surface area contributed by atoms with Crippen LogP contribution in [0.15, 0.2) is 24.3 Å². The molecule has 0 atom stereocenters. The number of hydrogen-bond donors (Lipinski definition) is 1. The number of anilines is 1. The molecule has 0 bridgehead atoms. The summed E-state index contributed by atoms with van der Waals surface area (Å²) < 4.78 is 0. The molecule has 0 spiro atoms. The van der Waals surface area contributed by atoms with Gasteiger partial charge in [0.15, 0.2) is 0 Å². The van der Waals surface area contributed by atoms with Gasteiger partial charge in [0.1, 0.15) is 0 Å². The van der Waals surface area contributed by atoms with E-state index in [0.29, 0.717) is 0 Å². The summed E-state index contributed by atoms with van der Waals surface area (Å²) in [6.45, 7) is 8.20. The molecule has 1 fully saturated rings. The Labute approximate surface area is 116 Å². The van der Waals surface area contributed by atoms with Gasteiger partial charge in [-0.2, -0.15) is 0 Å². The van der Waals surface area contributed by atoms with Crippen LogP contribution in [0.5, 0.6) is 0 Å². The molecule has 0 unspecified atom stereocenters. The number of carbonyl (C=O) groups is 1. The van der Waals surface area contributed by atoms with Crippen LogP contribution in [0.3, 0.4) is 0 Å². The number of rotatable bonds is 2. The summed E-state index contributed by atoms with van der Waals surface area (Å²) in [4.78, 5) is 14.5. The van der Waals surface area contributed by atoms with Crippen molar-refractivity contribution in [3.8, 4) is 0 Å². The summed E-state index contributed by atoms with van der Waals surface area (Å²) in [5.41, 5.74) is 1.72. The number of nitrogens with one attached hydrogen (secondary N) is 1. The van der Waals surface area contributed by atoms with Crippen LogP contribution in [0.25, 0.3) is 0 Å². The highest BCUT2D eigenvalue weighted by Gasteiger charge is 2.17. The van der Waals surface area contributed by atoms with Gasteiger partial charge in [0, 0.05) is 29.9 Å². The second kappa shape index (κ2) is 5.64. The zero-order chi connectivity index (χ0) is 13.9. The van der Waals surface area contributed by atoms with E-state index in [9.17, 15) is 4.79 Å². The van der Waals surface area contributed by atoms with Crippen molar-refractivity contribution in [2.75, 3.05) is 18.0 Å². The molecule has 0 radical (unpaired) electrons. The van der Waals surface area contributed by atoms with Gasteiger partial charge in [-0.05, 0) is 58.2 Å². The topological polar surface area (TPSA) is 32.3 Å². The molecular formula is C16H24N2O. The number of nitrogens with zero attached hydrogens (tertiary/aromatic N) is 1. The van der Waals surface area contributed by atoms with Crippen molar-refractivity contribution in [2.24, 2.45) is 0 Å². The van der Waals surface area contributed by atoms with Crippen LogP contribution < -0.4 is 10.2 Å². The molecule has 1 aromatic rings. The minimum atomic E-state index is -0.196. The first-order chi connectivity index (χ1) is 8.96. The number of benzene rings is 1. The summed E-state index contributed by atoms with van der Waals surface area (Å²) >= 11 is 0. The first kappa shape index (κ1) is 13.9. The van der Waals surface area contributed by atoms with E-state index >= 15 is 0 Å². The lowest BCUT2D eigenvalue weighted by Crippen LogP contribution is -2.40. The Bertz CT molecular complexity index is 442.